The summed E-state index contributed by atoms with van der Waals surface area (Å²) in [5.74, 6) is 0. The van der Waals surface area contributed by atoms with Crippen LogP contribution in [0.4, 0.5) is 0 Å². The number of benzene rings is 1. The van der Waals surface area contributed by atoms with E-state index in [1.54, 1.807) is 0 Å². The van der Waals surface area contributed by atoms with Gasteiger partial charge in [-0.05, 0) is 18.2 Å². The van der Waals surface area contributed by atoms with E-state index in [4.69, 9.17) is 5.11 Å². The van der Waals surface area contributed by atoms with Gasteiger partial charge in [0.2, 0.25) is 0 Å². The third-order valence-corrected chi connectivity index (χ3v) is 2.62. The van der Waals surface area contributed by atoms with Gasteiger partial charge in [0.05, 0.1) is 6.61 Å². The highest BCUT2D eigenvalue weighted by molar-refractivity contribution is 5.14. The SMILES string of the molecule is CC[C@H](CO)NCC=CNCc1ccccc1. The molecule has 0 spiro atoms. The van der Waals surface area contributed by atoms with E-state index < -0.39 is 0 Å². The van der Waals surface area contributed by atoms with Gasteiger partial charge in [0, 0.05) is 19.1 Å². The molecule has 0 amide bonds. The van der Waals surface area contributed by atoms with Crippen LogP contribution < -0.4 is 10.6 Å². The molecule has 1 atom stereocenters. The fourth-order valence-corrected chi connectivity index (χ4v) is 1.49. The first-order valence-corrected chi connectivity index (χ1v) is 6.13. The van der Waals surface area contributed by atoms with Crippen LogP contribution >= 0.6 is 0 Å². The second kappa shape index (κ2) is 8.79. The van der Waals surface area contributed by atoms with Crippen molar-refractivity contribution in [2.75, 3.05) is 13.2 Å². The maximum absolute atomic E-state index is 8.98. The van der Waals surface area contributed by atoms with Gasteiger partial charge in [-0.3, -0.25) is 0 Å². The van der Waals surface area contributed by atoms with Gasteiger partial charge in [0.15, 0.2) is 0 Å². The Bertz CT molecular complexity index is 307. The maximum atomic E-state index is 8.98. The minimum absolute atomic E-state index is 0.196. The van der Waals surface area contributed by atoms with Gasteiger partial charge in [-0.1, -0.05) is 43.3 Å². The van der Waals surface area contributed by atoms with Crippen LogP contribution in [0.2, 0.25) is 0 Å². The number of rotatable bonds is 8. The quantitative estimate of drug-likeness (QED) is 0.641. The van der Waals surface area contributed by atoms with E-state index in [0.717, 1.165) is 19.5 Å². The van der Waals surface area contributed by atoms with Crippen LogP contribution in [0.5, 0.6) is 0 Å². The Balaban J connectivity index is 2.10. The zero-order valence-corrected chi connectivity index (χ0v) is 10.4. The molecular formula is C14H22N2O. The van der Waals surface area contributed by atoms with E-state index in [1.165, 1.54) is 5.56 Å². The molecule has 0 aliphatic carbocycles. The second-order valence-corrected chi connectivity index (χ2v) is 3.96. The number of nitrogens with one attached hydrogen (secondary N) is 2. The lowest BCUT2D eigenvalue weighted by Crippen LogP contribution is -2.31. The molecule has 3 heteroatoms. The van der Waals surface area contributed by atoms with Crippen molar-refractivity contribution in [2.24, 2.45) is 0 Å². The number of hydrogen-bond acceptors (Lipinski definition) is 3. The van der Waals surface area contributed by atoms with Crippen LogP contribution in [0.1, 0.15) is 18.9 Å². The molecule has 3 nitrogen and oxygen atoms in total. The van der Waals surface area contributed by atoms with Crippen LogP contribution in [-0.2, 0) is 6.54 Å². The van der Waals surface area contributed by atoms with Crippen LogP contribution in [-0.4, -0.2) is 24.3 Å². The Morgan fingerprint density at radius 3 is 2.71 bits per heavy atom. The topological polar surface area (TPSA) is 44.3 Å². The molecule has 0 saturated heterocycles. The zero-order chi connectivity index (χ0) is 12.3. The normalized spacial score (nSPS) is 12.8. The molecule has 0 saturated carbocycles. The lowest BCUT2D eigenvalue weighted by atomic mass is 10.2. The van der Waals surface area contributed by atoms with Crippen LogP contribution in [0, 0.1) is 0 Å². The first kappa shape index (κ1) is 13.7. The fourth-order valence-electron chi connectivity index (χ4n) is 1.49. The molecule has 94 valence electrons. The van der Waals surface area contributed by atoms with Gasteiger partial charge in [-0.25, -0.2) is 0 Å². The Morgan fingerprint density at radius 1 is 1.29 bits per heavy atom. The van der Waals surface area contributed by atoms with Crippen molar-refractivity contribution < 1.29 is 5.11 Å². The molecule has 1 aromatic carbocycles. The van der Waals surface area contributed by atoms with E-state index in [1.807, 2.05) is 30.5 Å². The number of aliphatic hydroxyl groups is 1. The van der Waals surface area contributed by atoms with E-state index in [-0.39, 0.29) is 12.6 Å². The van der Waals surface area contributed by atoms with Gasteiger partial charge in [-0.15, -0.1) is 0 Å². The summed E-state index contributed by atoms with van der Waals surface area (Å²) < 4.78 is 0. The number of hydrogen-bond donors (Lipinski definition) is 3. The summed E-state index contributed by atoms with van der Waals surface area (Å²) >= 11 is 0. The molecule has 3 N–H and O–H groups in total. The molecule has 17 heavy (non-hydrogen) atoms. The standard InChI is InChI=1S/C14H22N2O/c1-2-14(12-17)16-10-6-9-15-11-13-7-4-3-5-8-13/h3-9,14-17H,2,10-12H2,1H3/t14-/m1/s1. The summed E-state index contributed by atoms with van der Waals surface area (Å²) in [6.07, 6.45) is 4.92. The van der Waals surface area contributed by atoms with Gasteiger partial charge >= 0.3 is 0 Å². The zero-order valence-electron chi connectivity index (χ0n) is 10.4. The Kier molecular flexibility index (Phi) is 7.11. The third kappa shape index (κ3) is 6.09. The summed E-state index contributed by atoms with van der Waals surface area (Å²) in [6, 6.07) is 10.5. The van der Waals surface area contributed by atoms with Gasteiger partial charge < -0.3 is 15.7 Å². The van der Waals surface area contributed by atoms with E-state index in [0.29, 0.717) is 0 Å². The van der Waals surface area contributed by atoms with Crippen molar-refractivity contribution in [1.82, 2.24) is 10.6 Å². The largest absolute Gasteiger partial charge is 0.395 e. The summed E-state index contributed by atoms with van der Waals surface area (Å²) in [7, 11) is 0. The van der Waals surface area contributed by atoms with E-state index in [9.17, 15) is 0 Å². The van der Waals surface area contributed by atoms with Crippen molar-refractivity contribution in [3.63, 3.8) is 0 Å². The predicted octanol–water partition coefficient (Wildman–Crippen LogP) is 1.65. The third-order valence-electron chi connectivity index (χ3n) is 2.62. The van der Waals surface area contributed by atoms with Gasteiger partial charge in [0.1, 0.15) is 0 Å². The van der Waals surface area contributed by atoms with Gasteiger partial charge in [-0.2, -0.15) is 0 Å². The van der Waals surface area contributed by atoms with Crippen LogP contribution in [0.3, 0.4) is 0 Å². The molecular weight excluding hydrogens is 212 g/mol. The van der Waals surface area contributed by atoms with Crippen molar-refractivity contribution in [3.05, 3.63) is 48.2 Å². The highest BCUT2D eigenvalue weighted by Crippen LogP contribution is 1.96. The fraction of sp³-hybridized carbons (Fsp3) is 0.429. The summed E-state index contributed by atoms with van der Waals surface area (Å²) in [4.78, 5) is 0. The minimum atomic E-state index is 0.196. The molecule has 0 radical (unpaired) electrons. The Labute approximate surface area is 104 Å². The first-order chi connectivity index (χ1) is 8.36. The minimum Gasteiger partial charge on any atom is -0.395 e. The molecule has 0 aliphatic heterocycles. The molecule has 0 heterocycles. The average Bonchev–Trinajstić information content (AvgIpc) is 2.39. The first-order valence-electron chi connectivity index (χ1n) is 6.13. The van der Waals surface area contributed by atoms with E-state index in [2.05, 4.69) is 29.7 Å². The average molecular weight is 234 g/mol. The smallest absolute Gasteiger partial charge is 0.0584 e. The molecule has 0 unspecified atom stereocenters. The number of aliphatic hydroxyl groups excluding tert-OH is 1. The molecule has 0 aromatic heterocycles. The molecule has 0 bridgehead atoms. The molecule has 1 aromatic rings. The summed E-state index contributed by atoms with van der Waals surface area (Å²) in [6.45, 7) is 3.88. The Hall–Kier alpha value is -1.32. The summed E-state index contributed by atoms with van der Waals surface area (Å²) in [5, 5.41) is 15.4. The highest BCUT2D eigenvalue weighted by Gasteiger charge is 1.99. The highest BCUT2D eigenvalue weighted by atomic mass is 16.3. The molecule has 0 fully saturated rings. The molecule has 0 aliphatic rings. The van der Waals surface area contributed by atoms with Crippen molar-refractivity contribution in [2.45, 2.75) is 25.9 Å². The van der Waals surface area contributed by atoms with Crippen molar-refractivity contribution >= 4 is 0 Å². The van der Waals surface area contributed by atoms with E-state index >= 15 is 0 Å². The lowest BCUT2D eigenvalue weighted by Gasteiger charge is -2.11. The van der Waals surface area contributed by atoms with Gasteiger partial charge in [0.25, 0.3) is 0 Å². The second-order valence-electron chi connectivity index (χ2n) is 3.96. The van der Waals surface area contributed by atoms with Crippen LogP contribution in [0.15, 0.2) is 42.6 Å². The maximum Gasteiger partial charge on any atom is 0.0584 e. The van der Waals surface area contributed by atoms with Crippen molar-refractivity contribution in [1.29, 1.82) is 0 Å². The Morgan fingerprint density at radius 2 is 2.06 bits per heavy atom. The monoisotopic (exact) mass is 234 g/mol. The van der Waals surface area contributed by atoms with Crippen molar-refractivity contribution in [3.8, 4) is 0 Å². The van der Waals surface area contributed by atoms with Crippen LogP contribution in [0.25, 0.3) is 0 Å². The predicted molar refractivity (Wildman–Crippen MR) is 71.6 cm³/mol. The lowest BCUT2D eigenvalue weighted by molar-refractivity contribution is 0.242. The summed E-state index contributed by atoms with van der Waals surface area (Å²) in [5.41, 5.74) is 1.27. The molecule has 1 rings (SSSR count).